The highest BCUT2D eigenvalue weighted by Gasteiger charge is 2.34. The van der Waals surface area contributed by atoms with Crippen LogP contribution in [0.25, 0.3) is 0 Å². The molecule has 2 aromatic rings. The van der Waals surface area contributed by atoms with Crippen molar-refractivity contribution in [1.82, 2.24) is 5.32 Å². The van der Waals surface area contributed by atoms with E-state index in [2.05, 4.69) is 21.2 Å². The Morgan fingerprint density at radius 3 is 2.33 bits per heavy atom. The van der Waals surface area contributed by atoms with Crippen LogP contribution in [0.4, 0.5) is 17.6 Å². The molecule has 1 fully saturated rings. The zero-order chi connectivity index (χ0) is 19.5. The predicted octanol–water partition coefficient (Wildman–Crippen LogP) is 5.45. The first kappa shape index (κ1) is 20.3. The van der Waals surface area contributed by atoms with E-state index in [1.807, 2.05) is 0 Å². The van der Waals surface area contributed by atoms with Gasteiger partial charge in [0, 0.05) is 9.89 Å². The van der Waals surface area contributed by atoms with Gasteiger partial charge in [-0.15, -0.1) is 0 Å². The van der Waals surface area contributed by atoms with E-state index < -0.39 is 11.7 Å². The predicted molar refractivity (Wildman–Crippen MR) is 99.0 cm³/mol. The number of rotatable bonds is 5. The van der Waals surface area contributed by atoms with Crippen molar-refractivity contribution in [3.8, 4) is 0 Å². The SMILES string of the molecule is Fc1ccc(C2(COCc3cc(Br)cc(C(F)(F)F)c3)CCNCC2)cc1. The van der Waals surface area contributed by atoms with Crippen LogP contribution in [-0.4, -0.2) is 19.7 Å². The second kappa shape index (κ2) is 8.29. The molecule has 2 nitrogen and oxygen atoms in total. The highest BCUT2D eigenvalue weighted by molar-refractivity contribution is 9.10. The molecule has 1 aliphatic rings. The molecule has 7 heteroatoms. The van der Waals surface area contributed by atoms with Crippen LogP contribution in [0.1, 0.15) is 29.5 Å². The Balaban J connectivity index is 1.73. The molecule has 0 bridgehead atoms. The van der Waals surface area contributed by atoms with Crippen molar-refractivity contribution in [3.05, 3.63) is 69.4 Å². The zero-order valence-corrected chi connectivity index (χ0v) is 16.2. The van der Waals surface area contributed by atoms with Crippen molar-refractivity contribution in [3.63, 3.8) is 0 Å². The lowest BCUT2D eigenvalue weighted by Gasteiger charge is -2.38. The van der Waals surface area contributed by atoms with Gasteiger partial charge >= 0.3 is 6.18 Å². The number of benzene rings is 2. The standard InChI is InChI=1S/C20H20BrF4NO/c21-17-10-14(9-16(11-17)20(23,24)25)12-27-13-19(5-7-26-8-6-19)15-1-3-18(22)4-2-15/h1-4,9-11,26H,5-8,12-13H2. The van der Waals surface area contributed by atoms with E-state index in [1.165, 1.54) is 12.1 Å². The molecule has 0 saturated carbocycles. The van der Waals surface area contributed by atoms with E-state index in [0.717, 1.165) is 43.6 Å². The van der Waals surface area contributed by atoms with Gasteiger partial charge in [-0.2, -0.15) is 13.2 Å². The second-order valence-corrected chi connectivity index (χ2v) is 7.79. The molecular formula is C20H20BrF4NO. The first-order valence-corrected chi connectivity index (χ1v) is 9.49. The van der Waals surface area contributed by atoms with Crippen LogP contribution < -0.4 is 5.32 Å². The fraction of sp³-hybridized carbons (Fsp3) is 0.400. The van der Waals surface area contributed by atoms with E-state index in [4.69, 9.17) is 4.74 Å². The largest absolute Gasteiger partial charge is 0.416 e. The maximum absolute atomic E-state index is 13.3. The average Bonchev–Trinajstić information content (AvgIpc) is 2.62. The number of hydrogen-bond donors (Lipinski definition) is 1. The van der Waals surface area contributed by atoms with E-state index in [-0.39, 0.29) is 17.8 Å². The Morgan fingerprint density at radius 1 is 1.04 bits per heavy atom. The maximum atomic E-state index is 13.3. The third-order valence-corrected chi connectivity index (χ3v) is 5.41. The van der Waals surface area contributed by atoms with Crippen molar-refractivity contribution in [1.29, 1.82) is 0 Å². The van der Waals surface area contributed by atoms with Gasteiger partial charge in [0.15, 0.2) is 0 Å². The van der Waals surface area contributed by atoms with Crippen molar-refractivity contribution < 1.29 is 22.3 Å². The van der Waals surface area contributed by atoms with Gasteiger partial charge in [-0.05, 0) is 67.4 Å². The van der Waals surface area contributed by atoms with Crippen LogP contribution in [0, 0.1) is 5.82 Å². The van der Waals surface area contributed by atoms with E-state index >= 15 is 0 Å². The number of piperidine rings is 1. The number of nitrogens with one attached hydrogen (secondary N) is 1. The van der Waals surface area contributed by atoms with Gasteiger partial charge in [0.25, 0.3) is 0 Å². The van der Waals surface area contributed by atoms with E-state index in [9.17, 15) is 17.6 Å². The normalized spacial score (nSPS) is 17.1. The monoisotopic (exact) mass is 445 g/mol. The van der Waals surface area contributed by atoms with Crippen LogP contribution in [0.15, 0.2) is 46.9 Å². The fourth-order valence-corrected chi connectivity index (χ4v) is 4.03. The molecule has 1 aliphatic heterocycles. The fourth-order valence-electron chi connectivity index (χ4n) is 3.49. The molecule has 0 spiro atoms. The number of alkyl halides is 3. The van der Waals surface area contributed by atoms with Crippen LogP contribution in [-0.2, 0) is 22.9 Å². The quantitative estimate of drug-likeness (QED) is 0.618. The molecule has 27 heavy (non-hydrogen) atoms. The highest BCUT2D eigenvalue weighted by atomic mass is 79.9. The minimum absolute atomic E-state index is 0.0822. The van der Waals surface area contributed by atoms with Gasteiger partial charge in [-0.1, -0.05) is 28.1 Å². The minimum atomic E-state index is -4.40. The van der Waals surface area contributed by atoms with Crippen LogP contribution in [0.3, 0.4) is 0 Å². The van der Waals surface area contributed by atoms with Gasteiger partial charge in [0.1, 0.15) is 5.82 Å². The average molecular weight is 446 g/mol. The van der Waals surface area contributed by atoms with Gasteiger partial charge in [-0.3, -0.25) is 0 Å². The summed E-state index contributed by atoms with van der Waals surface area (Å²) in [5.41, 5.74) is 0.485. The van der Waals surface area contributed by atoms with Crippen molar-refractivity contribution in [2.24, 2.45) is 0 Å². The van der Waals surface area contributed by atoms with Gasteiger partial charge < -0.3 is 10.1 Å². The summed E-state index contributed by atoms with van der Waals surface area (Å²) in [6.07, 6.45) is -2.75. The summed E-state index contributed by atoms with van der Waals surface area (Å²) in [4.78, 5) is 0. The number of ether oxygens (including phenoxy) is 1. The second-order valence-electron chi connectivity index (χ2n) is 6.88. The van der Waals surface area contributed by atoms with Crippen molar-refractivity contribution in [2.75, 3.05) is 19.7 Å². The Bertz CT molecular complexity index is 771. The summed E-state index contributed by atoms with van der Waals surface area (Å²) in [7, 11) is 0. The van der Waals surface area contributed by atoms with Gasteiger partial charge in [0.2, 0.25) is 0 Å². The third-order valence-electron chi connectivity index (χ3n) is 4.95. The first-order chi connectivity index (χ1) is 12.8. The van der Waals surface area contributed by atoms with Crippen LogP contribution in [0.5, 0.6) is 0 Å². The Labute approximate surface area is 164 Å². The topological polar surface area (TPSA) is 21.3 Å². The van der Waals surface area contributed by atoms with Gasteiger partial charge in [-0.25, -0.2) is 4.39 Å². The molecular weight excluding hydrogens is 426 g/mol. The number of halogens is 5. The van der Waals surface area contributed by atoms with E-state index in [1.54, 1.807) is 18.2 Å². The van der Waals surface area contributed by atoms with Gasteiger partial charge in [0.05, 0.1) is 18.8 Å². The summed E-state index contributed by atoms with van der Waals surface area (Å²) in [5.74, 6) is -0.294. The van der Waals surface area contributed by atoms with Crippen molar-refractivity contribution in [2.45, 2.75) is 31.0 Å². The molecule has 0 unspecified atom stereocenters. The molecule has 0 aromatic heterocycles. The maximum Gasteiger partial charge on any atom is 0.416 e. The molecule has 0 aliphatic carbocycles. The summed E-state index contributed by atoms with van der Waals surface area (Å²) in [5, 5.41) is 3.30. The lowest BCUT2D eigenvalue weighted by Crippen LogP contribution is -2.43. The van der Waals surface area contributed by atoms with Crippen LogP contribution in [0.2, 0.25) is 0 Å². The molecule has 1 saturated heterocycles. The lowest BCUT2D eigenvalue weighted by atomic mass is 9.74. The summed E-state index contributed by atoms with van der Waals surface area (Å²) < 4.78 is 58.4. The molecule has 0 amide bonds. The molecule has 1 N–H and O–H groups in total. The van der Waals surface area contributed by atoms with Crippen molar-refractivity contribution >= 4 is 15.9 Å². The zero-order valence-electron chi connectivity index (χ0n) is 14.6. The Hall–Kier alpha value is -1.44. The lowest BCUT2D eigenvalue weighted by molar-refractivity contribution is -0.137. The highest BCUT2D eigenvalue weighted by Crippen LogP contribution is 2.35. The first-order valence-electron chi connectivity index (χ1n) is 8.70. The molecule has 146 valence electrons. The Morgan fingerprint density at radius 2 is 1.70 bits per heavy atom. The smallest absolute Gasteiger partial charge is 0.376 e. The third kappa shape index (κ3) is 5.09. The number of hydrogen-bond acceptors (Lipinski definition) is 2. The summed E-state index contributed by atoms with van der Waals surface area (Å²) in [6, 6.07) is 10.2. The molecule has 3 rings (SSSR count). The summed E-state index contributed by atoms with van der Waals surface area (Å²) >= 11 is 3.13. The molecule has 0 radical (unpaired) electrons. The Kier molecular flexibility index (Phi) is 6.23. The molecule has 1 heterocycles. The van der Waals surface area contributed by atoms with Crippen LogP contribution >= 0.6 is 15.9 Å². The minimum Gasteiger partial charge on any atom is -0.376 e. The van der Waals surface area contributed by atoms with E-state index in [0.29, 0.717) is 16.6 Å². The molecule has 2 aromatic carbocycles. The molecule has 0 atom stereocenters. The summed E-state index contributed by atoms with van der Waals surface area (Å²) in [6.45, 7) is 2.08.